The van der Waals surface area contributed by atoms with Crippen LogP contribution in [0, 0.1) is 19.1 Å². The summed E-state index contributed by atoms with van der Waals surface area (Å²) in [5, 5.41) is 3.82. The smallest absolute Gasteiger partial charge is 0.120 e. The number of fused-ring (bicyclic) bond motifs is 3. The fraction of sp³-hybridized carbons (Fsp3) is 0.263. The Morgan fingerprint density at radius 1 is 0.767 bits per heavy atom. The minimum Gasteiger partial charge on any atom is -0.501 e. The predicted molar refractivity (Wildman–Crippen MR) is 178 cm³/mol. The van der Waals surface area contributed by atoms with Crippen LogP contribution >= 0.6 is 0 Å². The van der Waals surface area contributed by atoms with Gasteiger partial charge in [0.2, 0.25) is 0 Å². The quantitative estimate of drug-likeness (QED) is 0.133. The minimum absolute atomic E-state index is 0. The Morgan fingerprint density at radius 2 is 1.56 bits per heavy atom. The van der Waals surface area contributed by atoms with E-state index in [1.54, 1.807) is 0 Å². The number of rotatable bonds is 4. The van der Waals surface area contributed by atoms with Crippen molar-refractivity contribution in [3.8, 4) is 22.5 Å². The molecular weight excluding hydrogens is 721 g/mol. The number of furan rings is 1. The summed E-state index contributed by atoms with van der Waals surface area (Å²) in [6, 6.07) is 33.7. The molecule has 0 spiro atoms. The first-order valence-corrected chi connectivity index (χ1v) is 18.6. The molecular formula is C38H38IrN2OSi-2. The van der Waals surface area contributed by atoms with Crippen LogP contribution in [0.25, 0.3) is 44.5 Å². The fourth-order valence-electron chi connectivity index (χ4n) is 5.81. The van der Waals surface area contributed by atoms with E-state index in [2.05, 4.69) is 85.4 Å². The molecule has 43 heavy (non-hydrogen) atoms. The Labute approximate surface area is 270 Å². The van der Waals surface area contributed by atoms with Gasteiger partial charge in [0.15, 0.2) is 0 Å². The van der Waals surface area contributed by atoms with Gasteiger partial charge in [0, 0.05) is 37.9 Å². The van der Waals surface area contributed by atoms with Gasteiger partial charge in [-0.2, -0.15) is 0 Å². The Kier molecular flexibility index (Phi) is 9.76. The molecule has 0 aliphatic heterocycles. The maximum Gasteiger partial charge on any atom is 0.120 e. The number of aryl methyl sites for hydroxylation is 1. The summed E-state index contributed by atoms with van der Waals surface area (Å²) >= 11 is 0. The zero-order chi connectivity index (χ0) is 29.1. The van der Waals surface area contributed by atoms with Crippen molar-refractivity contribution in [2.24, 2.45) is 0 Å². The second kappa shape index (κ2) is 13.5. The van der Waals surface area contributed by atoms with Crippen LogP contribution in [0.5, 0.6) is 0 Å². The van der Waals surface area contributed by atoms with Crippen molar-refractivity contribution in [3.63, 3.8) is 0 Å². The van der Waals surface area contributed by atoms with Crippen LogP contribution in [0.15, 0.2) is 95.7 Å². The Bertz CT molecular complexity index is 1780. The molecule has 1 aliphatic rings. The standard InChI is InChI=1S/C26H28NOSi.C12H10N.Ir/c1-29(2,3)20-13-15-25-23(16-20)21-10-7-11-22(26(21)28-25)24-14-12-19(17-27-24)18-8-5-4-6-9-18;1-10-7-8-12(13-9-10)11-5-3-2-4-6-11;/h7,10,12-18H,4-6,8-9H2,1-3H3;2-5,7-9H,1H3;/q2*-1;. The average molecular weight is 759 g/mol. The van der Waals surface area contributed by atoms with E-state index >= 15 is 0 Å². The third-order valence-electron chi connectivity index (χ3n) is 8.31. The van der Waals surface area contributed by atoms with Gasteiger partial charge in [0.1, 0.15) is 5.58 Å². The molecule has 3 nitrogen and oxygen atoms in total. The van der Waals surface area contributed by atoms with E-state index in [9.17, 15) is 0 Å². The van der Waals surface area contributed by atoms with Crippen molar-refractivity contribution in [1.82, 2.24) is 9.97 Å². The summed E-state index contributed by atoms with van der Waals surface area (Å²) in [7, 11) is -1.37. The van der Waals surface area contributed by atoms with E-state index < -0.39 is 8.07 Å². The van der Waals surface area contributed by atoms with E-state index in [1.165, 1.54) is 53.8 Å². The van der Waals surface area contributed by atoms with Gasteiger partial charge in [0.05, 0.1) is 13.7 Å². The number of hydrogen-bond acceptors (Lipinski definition) is 3. The average Bonchev–Trinajstić information content (AvgIpc) is 3.41. The van der Waals surface area contributed by atoms with Crippen molar-refractivity contribution < 1.29 is 24.5 Å². The van der Waals surface area contributed by atoms with E-state index in [1.807, 2.05) is 49.5 Å². The van der Waals surface area contributed by atoms with Crippen LogP contribution in [0.3, 0.4) is 0 Å². The van der Waals surface area contributed by atoms with Crippen LogP contribution in [-0.4, -0.2) is 18.0 Å². The molecule has 0 atom stereocenters. The van der Waals surface area contributed by atoms with E-state index in [0.717, 1.165) is 39.1 Å². The monoisotopic (exact) mass is 759 g/mol. The van der Waals surface area contributed by atoms with Gasteiger partial charge in [0.25, 0.3) is 0 Å². The Hall–Kier alpha value is -3.37. The molecule has 7 rings (SSSR count). The molecule has 0 amide bonds. The molecule has 1 aliphatic carbocycles. The van der Waals surface area contributed by atoms with Crippen LogP contribution in [-0.2, 0) is 20.1 Å². The normalized spacial score (nSPS) is 13.8. The molecule has 3 aromatic heterocycles. The van der Waals surface area contributed by atoms with Crippen LogP contribution in [0.1, 0.15) is 49.1 Å². The maximum atomic E-state index is 6.30. The van der Waals surface area contributed by atoms with Crippen molar-refractivity contribution in [1.29, 1.82) is 0 Å². The third kappa shape index (κ3) is 7.07. The van der Waals surface area contributed by atoms with Gasteiger partial charge in [-0.25, -0.2) is 0 Å². The molecule has 0 N–H and O–H groups in total. The summed E-state index contributed by atoms with van der Waals surface area (Å²) in [5.41, 5.74) is 8.33. The van der Waals surface area contributed by atoms with E-state index in [-0.39, 0.29) is 20.1 Å². The molecule has 1 fully saturated rings. The SMILES string of the molecule is C[Si](C)(C)c1ccc2oc3c(-c4ccc(C5CCCCC5)cn4)[c-]ccc3c2c1.Cc1ccc(-c2[c-]cccc2)nc1.[Ir]. The molecule has 1 saturated carbocycles. The van der Waals surface area contributed by atoms with Crippen molar-refractivity contribution in [2.45, 2.75) is 64.6 Å². The van der Waals surface area contributed by atoms with Crippen molar-refractivity contribution >= 4 is 35.2 Å². The summed E-state index contributed by atoms with van der Waals surface area (Å²) < 4.78 is 6.30. The largest absolute Gasteiger partial charge is 0.501 e. The zero-order valence-corrected chi connectivity index (χ0v) is 28.8. The van der Waals surface area contributed by atoms with Gasteiger partial charge < -0.3 is 14.4 Å². The second-order valence-corrected chi connectivity index (χ2v) is 17.5. The number of hydrogen-bond donors (Lipinski definition) is 0. The van der Waals surface area contributed by atoms with Gasteiger partial charge in [-0.1, -0.05) is 91.4 Å². The number of benzene rings is 3. The topological polar surface area (TPSA) is 38.9 Å². The van der Waals surface area contributed by atoms with E-state index in [4.69, 9.17) is 9.40 Å². The van der Waals surface area contributed by atoms with Crippen LogP contribution < -0.4 is 5.19 Å². The molecule has 1 radical (unpaired) electrons. The zero-order valence-electron chi connectivity index (χ0n) is 25.4. The van der Waals surface area contributed by atoms with Gasteiger partial charge >= 0.3 is 0 Å². The van der Waals surface area contributed by atoms with Crippen molar-refractivity contribution in [2.75, 3.05) is 0 Å². The first kappa shape index (κ1) is 31.1. The minimum atomic E-state index is -1.37. The molecule has 5 heteroatoms. The number of aromatic nitrogens is 2. The van der Waals surface area contributed by atoms with Crippen LogP contribution in [0.2, 0.25) is 19.6 Å². The molecule has 3 aromatic carbocycles. The van der Waals surface area contributed by atoms with Gasteiger partial charge in [-0.3, -0.25) is 0 Å². The number of nitrogens with zero attached hydrogens (tertiary/aromatic N) is 2. The van der Waals surface area contributed by atoms with Crippen molar-refractivity contribution in [3.05, 3.63) is 115 Å². The fourth-order valence-corrected chi connectivity index (χ4v) is 6.97. The summed E-state index contributed by atoms with van der Waals surface area (Å²) in [5.74, 6) is 0.677. The Morgan fingerprint density at radius 3 is 2.23 bits per heavy atom. The molecule has 0 bridgehead atoms. The first-order valence-electron chi connectivity index (χ1n) is 15.1. The second-order valence-electron chi connectivity index (χ2n) is 12.5. The summed E-state index contributed by atoms with van der Waals surface area (Å²) in [6.45, 7) is 9.18. The Balaban J connectivity index is 0.000000221. The van der Waals surface area contributed by atoms with Gasteiger partial charge in [-0.15, -0.1) is 54.1 Å². The summed E-state index contributed by atoms with van der Waals surface area (Å²) in [6.07, 6.45) is 10.6. The van der Waals surface area contributed by atoms with Crippen LogP contribution in [0.4, 0.5) is 0 Å². The molecule has 221 valence electrons. The van der Waals surface area contributed by atoms with E-state index in [0.29, 0.717) is 5.92 Å². The summed E-state index contributed by atoms with van der Waals surface area (Å²) in [4.78, 5) is 9.13. The number of pyridine rings is 2. The molecule has 0 unspecified atom stereocenters. The van der Waals surface area contributed by atoms with Gasteiger partial charge in [-0.05, 0) is 54.3 Å². The third-order valence-corrected chi connectivity index (χ3v) is 10.4. The molecule has 0 saturated heterocycles. The molecule has 3 heterocycles. The predicted octanol–water partition coefficient (Wildman–Crippen LogP) is 9.90. The molecule has 6 aromatic rings. The maximum absolute atomic E-state index is 6.30. The first-order chi connectivity index (χ1) is 20.4.